The Morgan fingerprint density at radius 3 is 1.96 bits per heavy atom. The van der Waals surface area contributed by atoms with Gasteiger partial charge in [0.1, 0.15) is 0 Å². The number of hydrogen-bond acceptors (Lipinski definition) is 0. The van der Waals surface area contributed by atoms with Gasteiger partial charge in [0, 0.05) is 0 Å². The van der Waals surface area contributed by atoms with E-state index in [9.17, 15) is 0 Å². The van der Waals surface area contributed by atoms with Crippen molar-refractivity contribution >= 4 is 0 Å². The summed E-state index contributed by atoms with van der Waals surface area (Å²) in [6.07, 6.45) is 9.34. The molecule has 0 N–H and O–H groups in total. The molecular weight excluding hydrogens is 288 g/mol. The van der Waals surface area contributed by atoms with Gasteiger partial charge in [0.25, 0.3) is 0 Å². The zero-order valence-electron chi connectivity index (χ0n) is 16.1. The van der Waals surface area contributed by atoms with E-state index in [4.69, 9.17) is 0 Å². The van der Waals surface area contributed by atoms with Crippen LogP contribution in [-0.2, 0) is 11.8 Å². The second kappa shape index (κ2) is 9.06. The molecule has 0 bridgehead atoms. The van der Waals surface area contributed by atoms with E-state index in [0.717, 1.165) is 0 Å². The molecule has 0 aliphatic rings. The van der Waals surface area contributed by atoms with Crippen molar-refractivity contribution in [3.05, 3.63) is 59.7 Å². The zero-order valence-corrected chi connectivity index (χ0v) is 16.1. The second-order valence-electron chi connectivity index (χ2n) is 7.97. The highest BCUT2D eigenvalue weighted by Crippen LogP contribution is 2.35. The maximum Gasteiger partial charge on any atom is -0.0126 e. The first-order valence-corrected chi connectivity index (χ1v) is 9.72. The van der Waals surface area contributed by atoms with E-state index in [2.05, 4.69) is 76.2 Å². The Bertz CT molecular complexity index is 616. The summed E-state index contributed by atoms with van der Waals surface area (Å²) >= 11 is 0. The highest BCUT2D eigenvalue weighted by atomic mass is 14.2. The molecule has 0 aromatic heterocycles. The van der Waals surface area contributed by atoms with Gasteiger partial charge in [0.2, 0.25) is 0 Å². The number of hydrogen-bond donors (Lipinski definition) is 0. The van der Waals surface area contributed by atoms with Gasteiger partial charge in [0.05, 0.1) is 0 Å². The topological polar surface area (TPSA) is 0 Å². The van der Waals surface area contributed by atoms with Crippen molar-refractivity contribution in [1.29, 1.82) is 0 Å². The summed E-state index contributed by atoms with van der Waals surface area (Å²) < 4.78 is 0. The molecule has 130 valence electrons. The summed E-state index contributed by atoms with van der Waals surface area (Å²) in [6, 6.07) is 17.9. The molecule has 0 aliphatic carbocycles. The third-order valence-electron chi connectivity index (χ3n) is 4.84. The van der Waals surface area contributed by atoms with E-state index >= 15 is 0 Å². The van der Waals surface area contributed by atoms with Crippen LogP contribution in [0.1, 0.15) is 77.3 Å². The monoisotopic (exact) mass is 322 g/mol. The Morgan fingerprint density at radius 2 is 1.25 bits per heavy atom. The van der Waals surface area contributed by atoms with Crippen LogP contribution in [0, 0.1) is 0 Å². The lowest BCUT2D eigenvalue weighted by Gasteiger charge is -2.24. The van der Waals surface area contributed by atoms with Crippen LogP contribution in [0.2, 0.25) is 0 Å². The van der Waals surface area contributed by atoms with Crippen molar-refractivity contribution in [1.82, 2.24) is 0 Å². The third kappa shape index (κ3) is 5.23. The lowest BCUT2D eigenvalue weighted by molar-refractivity contribution is 0.591. The first kappa shape index (κ1) is 18.8. The molecule has 0 spiro atoms. The summed E-state index contributed by atoms with van der Waals surface area (Å²) in [5.74, 6) is 0. The maximum absolute atomic E-state index is 2.32. The van der Waals surface area contributed by atoms with Gasteiger partial charge in [-0.15, -0.1) is 0 Å². The van der Waals surface area contributed by atoms with Gasteiger partial charge in [-0.3, -0.25) is 0 Å². The van der Waals surface area contributed by atoms with Crippen LogP contribution in [0.15, 0.2) is 48.5 Å². The fourth-order valence-electron chi connectivity index (χ4n) is 3.47. The van der Waals surface area contributed by atoms with Gasteiger partial charge in [-0.2, -0.15) is 0 Å². The Kier molecular flexibility index (Phi) is 7.09. The quantitative estimate of drug-likeness (QED) is 0.440. The van der Waals surface area contributed by atoms with E-state index in [1.54, 1.807) is 0 Å². The molecule has 2 aromatic rings. The Morgan fingerprint density at radius 1 is 0.667 bits per heavy atom. The molecule has 0 heterocycles. The standard InChI is InChI=1S/C24H34/c1-5-6-7-8-9-10-15-20-16-11-12-17-21(20)22-18-13-14-19-23(22)24(2,3)4/h11-14,16-19H,5-10,15H2,1-4H3. The van der Waals surface area contributed by atoms with Gasteiger partial charge in [-0.1, -0.05) is 108 Å². The Labute approximate surface area is 149 Å². The first-order chi connectivity index (χ1) is 11.5. The first-order valence-electron chi connectivity index (χ1n) is 9.72. The van der Waals surface area contributed by atoms with Crippen molar-refractivity contribution in [3.63, 3.8) is 0 Å². The molecule has 0 saturated heterocycles. The van der Waals surface area contributed by atoms with Gasteiger partial charge in [-0.25, -0.2) is 0 Å². The number of unbranched alkanes of at least 4 members (excludes halogenated alkanes) is 5. The second-order valence-corrected chi connectivity index (χ2v) is 7.97. The van der Waals surface area contributed by atoms with Crippen LogP contribution in [-0.4, -0.2) is 0 Å². The van der Waals surface area contributed by atoms with Gasteiger partial charge < -0.3 is 0 Å². The van der Waals surface area contributed by atoms with Crippen molar-refractivity contribution in [3.8, 4) is 11.1 Å². The normalized spacial score (nSPS) is 11.7. The average Bonchev–Trinajstić information content (AvgIpc) is 2.57. The molecule has 0 radical (unpaired) electrons. The van der Waals surface area contributed by atoms with Crippen molar-refractivity contribution in [2.45, 2.75) is 78.1 Å². The van der Waals surface area contributed by atoms with E-state index < -0.39 is 0 Å². The minimum absolute atomic E-state index is 0.170. The fraction of sp³-hybridized carbons (Fsp3) is 0.500. The predicted molar refractivity (Wildman–Crippen MR) is 108 cm³/mol. The SMILES string of the molecule is CCCCCCCCc1ccccc1-c1ccccc1C(C)(C)C. The van der Waals surface area contributed by atoms with Crippen molar-refractivity contribution in [2.24, 2.45) is 0 Å². The van der Waals surface area contributed by atoms with Gasteiger partial charge in [0.15, 0.2) is 0 Å². The number of rotatable bonds is 8. The zero-order chi connectivity index (χ0) is 17.4. The largest absolute Gasteiger partial charge is 0.0654 e. The van der Waals surface area contributed by atoms with E-state index in [-0.39, 0.29) is 5.41 Å². The minimum atomic E-state index is 0.170. The van der Waals surface area contributed by atoms with Crippen LogP contribution in [0.4, 0.5) is 0 Å². The minimum Gasteiger partial charge on any atom is -0.0654 e. The maximum atomic E-state index is 2.32. The number of benzene rings is 2. The molecule has 0 aliphatic heterocycles. The summed E-state index contributed by atoms with van der Waals surface area (Å²) in [5.41, 5.74) is 5.96. The molecule has 0 amide bonds. The van der Waals surface area contributed by atoms with Crippen LogP contribution < -0.4 is 0 Å². The summed E-state index contributed by atoms with van der Waals surface area (Å²) in [7, 11) is 0. The molecule has 0 unspecified atom stereocenters. The highest BCUT2D eigenvalue weighted by Gasteiger charge is 2.19. The van der Waals surface area contributed by atoms with Crippen LogP contribution >= 0.6 is 0 Å². The molecule has 0 heteroatoms. The Balaban J connectivity index is 2.15. The predicted octanol–water partition coefficient (Wildman–Crippen LogP) is 7.55. The van der Waals surface area contributed by atoms with Gasteiger partial charge in [-0.05, 0) is 40.5 Å². The lowest BCUT2D eigenvalue weighted by atomic mass is 9.80. The van der Waals surface area contributed by atoms with E-state index in [1.807, 2.05) is 0 Å². The smallest absolute Gasteiger partial charge is 0.0126 e. The van der Waals surface area contributed by atoms with E-state index in [0.29, 0.717) is 0 Å². The molecular formula is C24H34. The third-order valence-corrected chi connectivity index (χ3v) is 4.84. The molecule has 24 heavy (non-hydrogen) atoms. The van der Waals surface area contributed by atoms with Gasteiger partial charge >= 0.3 is 0 Å². The molecule has 2 aromatic carbocycles. The van der Waals surface area contributed by atoms with Crippen molar-refractivity contribution < 1.29 is 0 Å². The van der Waals surface area contributed by atoms with E-state index in [1.165, 1.54) is 67.2 Å². The Hall–Kier alpha value is -1.56. The molecule has 0 nitrogen and oxygen atoms in total. The summed E-state index contributed by atoms with van der Waals surface area (Å²) in [6.45, 7) is 9.20. The number of aryl methyl sites for hydroxylation is 1. The van der Waals surface area contributed by atoms with Crippen molar-refractivity contribution in [2.75, 3.05) is 0 Å². The molecule has 2 rings (SSSR count). The molecule has 0 saturated carbocycles. The highest BCUT2D eigenvalue weighted by molar-refractivity contribution is 5.71. The summed E-state index contributed by atoms with van der Waals surface area (Å²) in [5, 5.41) is 0. The average molecular weight is 323 g/mol. The molecule has 0 fully saturated rings. The lowest BCUT2D eigenvalue weighted by Crippen LogP contribution is -2.12. The van der Waals surface area contributed by atoms with Crippen LogP contribution in [0.3, 0.4) is 0 Å². The fourth-order valence-corrected chi connectivity index (χ4v) is 3.47. The molecule has 0 atom stereocenters. The summed E-state index contributed by atoms with van der Waals surface area (Å²) in [4.78, 5) is 0. The van der Waals surface area contributed by atoms with Crippen LogP contribution in [0.25, 0.3) is 11.1 Å². The van der Waals surface area contributed by atoms with Crippen LogP contribution in [0.5, 0.6) is 0 Å².